The van der Waals surface area contributed by atoms with Gasteiger partial charge in [0, 0.05) is 19.6 Å². The number of carbonyl (C=O) groups excluding carboxylic acids is 1. The normalized spacial score (nSPS) is 22.8. The van der Waals surface area contributed by atoms with E-state index in [1.165, 1.54) is 12.8 Å². The molecule has 2 aliphatic rings. The van der Waals surface area contributed by atoms with Gasteiger partial charge in [-0.3, -0.25) is 9.69 Å². The SMILES string of the molecule is O=C(CN1CCCC1)NCCc1noc([C@H]2CCCO2)n1. The maximum atomic E-state index is 11.8. The lowest BCUT2D eigenvalue weighted by atomic mass is 10.2. The first-order valence-corrected chi connectivity index (χ1v) is 7.74. The van der Waals surface area contributed by atoms with Crippen LogP contribution >= 0.6 is 0 Å². The van der Waals surface area contributed by atoms with Crippen LogP contribution in [0.2, 0.25) is 0 Å². The molecule has 0 spiro atoms. The molecule has 2 aliphatic heterocycles. The minimum absolute atomic E-state index is 0.0454. The van der Waals surface area contributed by atoms with E-state index in [0.717, 1.165) is 32.5 Å². The Morgan fingerprint density at radius 1 is 1.33 bits per heavy atom. The van der Waals surface area contributed by atoms with Crippen molar-refractivity contribution in [3.63, 3.8) is 0 Å². The maximum absolute atomic E-state index is 11.8. The van der Waals surface area contributed by atoms with Crippen molar-refractivity contribution < 1.29 is 14.1 Å². The molecule has 3 heterocycles. The summed E-state index contributed by atoms with van der Waals surface area (Å²) < 4.78 is 10.7. The molecule has 0 radical (unpaired) electrons. The molecule has 0 aromatic carbocycles. The minimum Gasteiger partial charge on any atom is -0.368 e. The van der Waals surface area contributed by atoms with Gasteiger partial charge in [-0.1, -0.05) is 5.16 Å². The Labute approximate surface area is 124 Å². The lowest BCUT2D eigenvalue weighted by Gasteiger charge is -2.13. The number of nitrogens with zero attached hydrogens (tertiary/aromatic N) is 3. The summed E-state index contributed by atoms with van der Waals surface area (Å²) >= 11 is 0. The van der Waals surface area contributed by atoms with Crippen molar-refractivity contribution >= 4 is 5.91 Å². The summed E-state index contributed by atoms with van der Waals surface area (Å²) in [5, 5.41) is 6.84. The van der Waals surface area contributed by atoms with E-state index in [1.54, 1.807) is 0 Å². The standard InChI is InChI=1S/C14H22N4O3/c19-13(10-18-7-1-2-8-18)15-6-5-12-16-14(21-17-12)11-4-3-9-20-11/h11H,1-10H2,(H,15,19)/t11-/m1/s1. The van der Waals surface area contributed by atoms with Crippen LogP contribution in [0.5, 0.6) is 0 Å². The van der Waals surface area contributed by atoms with E-state index in [1.807, 2.05) is 0 Å². The van der Waals surface area contributed by atoms with Crippen LogP contribution in [-0.2, 0) is 16.0 Å². The first kappa shape index (κ1) is 14.5. The van der Waals surface area contributed by atoms with Crippen molar-refractivity contribution in [2.24, 2.45) is 0 Å². The lowest BCUT2D eigenvalue weighted by molar-refractivity contribution is -0.121. The molecule has 7 nitrogen and oxygen atoms in total. The third kappa shape index (κ3) is 4.01. The quantitative estimate of drug-likeness (QED) is 0.831. The molecule has 1 aromatic rings. The molecular formula is C14H22N4O3. The van der Waals surface area contributed by atoms with Crippen LogP contribution in [0.4, 0.5) is 0 Å². The van der Waals surface area contributed by atoms with Gasteiger partial charge in [-0.25, -0.2) is 0 Å². The molecule has 116 valence electrons. The van der Waals surface area contributed by atoms with Gasteiger partial charge in [-0.2, -0.15) is 4.98 Å². The first-order chi connectivity index (χ1) is 10.3. The average molecular weight is 294 g/mol. The van der Waals surface area contributed by atoms with Crippen molar-refractivity contribution in [2.75, 3.05) is 32.8 Å². The molecule has 0 bridgehead atoms. The third-order valence-corrected chi connectivity index (χ3v) is 3.93. The lowest BCUT2D eigenvalue weighted by Crippen LogP contribution is -2.36. The zero-order chi connectivity index (χ0) is 14.5. The van der Waals surface area contributed by atoms with E-state index >= 15 is 0 Å². The van der Waals surface area contributed by atoms with Gasteiger partial charge < -0.3 is 14.6 Å². The van der Waals surface area contributed by atoms with Gasteiger partial charge >= 0.3 is 0 Å². The molecule has 0 unspecified atom stereocenters. The summed E-state index contributed by atoms with van der Waals surface area (Å²) in [7, 11) is 0. The molecule has 21 heavy (non-hydrogen) atoms. The Bertz CT molecular complexity index is 465. The number of aromatic nitrogens is 2. The number of hydrogen-bond acceptors (Lipinski definition) is 6. The fourth-order valence-corrected chi connectivity index (χ4v) is 2.79. The molecular weight excluding hydrogens is 272 g/mol. The van der Waals surface area contributed by atoms with Crippen molar-refractivity contribution in [2.45, 2.75) is 38.2 Å². The van der Waals surface area contributed by atoms with Crippen LogP contribution in [0.15, 0.2) is 4.52 Å². The second-order valence-electron chi connectivity index (χ2n) is 5.63. The van der Waals surface area contributed by atoms with Gasteiger partial charge in [0.15, 0.2) is 5.82 Å². The van der Waals surface area contributed by atoms with E-state index in [-0.39, 0.29) is 12.0 Å². The van der Waals surface area contributed by atoms with E-state index in [9.17, 15) is 4.79 Å². The predicted molar refractivity (Wildman–Crippen MR) is 74.6 cm³/mol. The Balaban J connectivity index is 1.37. The van der Waals surface area contributed by atoms with Gasteiger partial charge in [0.2, 0.25) is 5.91 Å². The average Bonchev–Trinajstić information content (AvgIpc) is 3.21. The summed E-state index contributed by atoms with van der Waals surface area (Å²) in [5.74, 6) is 1.26. The first-order valence-electron chi connectivity index (χ1n) is 7.74. The van der Waals surface area contributed by atoms with Gasteiger partial charge in [-0.15, -0.1) is 0 Å². The van der Waals surface area contributed by atoms with Crippen LogP contribution in [0.3, 0.4) is 0 Å². The summed E-state index contributed by atoms with van der Waals surface area (Å²) in [6, 6.07) is 0. The summed E-state index contributed by atoms with van der Waals surface area (Å²) in [4.78, 5) is 18.3. The Morgan fingerprint density at radius 2 is 2.19 bits per heavy atom. The maximum Gasteiger partial charge on any atom is 0.255 e. The second-order valence-corrected chi connectivity index (χ2v) is 5.63. The zero-order valence-electron chi connectivity index (χ0n) is 12.2. The van der Waals surface area contributed by atoms with Gasteiger partial charge in [0.25, 0.3) is 5.89 Å². The van der Waals surface area contributed by atoms with E-state index in [0.29, 0.717) is 31.2 Å². The Hall–Kier alpha value is -1.47. The fourth-order valence-electron chi connectivity index (χ4n) is 2.79. The van der Waals surface area contributed by atoms with Crippen molar-refractivity contribution in [3.8, 4) is 0 Å². The highest BCUT2D eigenvalue weighted by Gasteiger charge is 2.23. The Kier molecular flexibility index (Phi) is 4.82. The fraction of sp³-hybridized carbons (Fsp3) is 0.786. The molecule has 1 aromatic heterocycles. The highest BCUT2D eigenvalue weighted by atomic mass is 16.5. The Morgan fingerprint density at radius 3 is 2.95 bits per heavy atom. The van der Waals surface area contributed by atoms with Crippen LogP contribution in [-0.4, -0.2) is 53.7 Å². The van der Waals surface area contributed by atoms with Crippen molar-refractivity contribution in [3.05, 3.63) is 11.7 Å². The zero-order valence-corrected chi connectivity index (χ0v) is 12.2. The molecule has 0 aliphatic carbocycles. The molecule has 1 atom stereocenters. The highest BCUT2D eigenvalue weighted by molar-refractivity contribution is 5.78. The number of carbonyl (C=O) groups is 1. The summed E-state index contributed by atoms with van der Waals surface area (Å²) in [6.45, 7) is 3.85. The van der Waals surface area contributed by atoms with Gasteiger partial charge in [0.05, 0.1) is 6.54 Å². The van der Waals surface area contributed by atoms with Crippen LogP contribution in [0, 0.1) is 0 Å². The topological polar surface area (TPSA) is 80.5 Å². The summed E-state index contributed by atoms with van der Waals surface area (Å²) in [5.41, 5.74) is 0. The van der Waals surface area contributed by atoms with Crippen molar-refractivity contribution in [1.29, 1.82) is 0 Å². The number of amides is 1. The van der Waals surface area contributed by atoms with E-state index < -0.39 is 0 Å². The van der Waals surface area contributed by atoms with Crippen LogP contribution in [0.1, 0.15) is 43.5 Å². The minimum atomic E-state index is -0.0454. The molecule has 0 saturated carbocycles. The van der Waals surface area contributed by atoms with Crippen LogP contribution in [0.25, 0.3) is 0 Å². The van der Waals surface area contributed by atoms with E-state index in [4.69, 9.17) is 9.26 Å². The third-order valence-electron chi connectivity index (χ3n) is 3.93. The molecule has 2 fully saturated rings. The monoisotopic (exact) mass is 294 g/mol. The van der Waals surface area contributed by atoms with Gasteiger partial charge in [0.1, 0.15) is 6.10 Å². The molecule has 1 N–H and O–H groups in total. The van der Waals surface area contributed by atoms with Crippen LogP contribution < -0.4 is 5.32 Å². The summed E-state index contributed by atoms with van der Waals surface area (Å²) in [6.07, 6.45) is 4.91. The molecule has 2 saturated heterocycles. The molecule has 7 heteroatoms. The number of ether oxygens (including phenoxy) is 1. The number of hydrogen-bond donors (Lipinski definition) is 1. The smallest absolute Gasteiger partial charge is 0.255 e. The van der Waals surface area contributed by atoms with E-state index in [2.05, 4.69) is 20.4 Å². The number of nitrogens with one attached hydrogen (secondary N) is 1. The molecule has 3 rings (SSSR count). The van der Waals surface area contributed by atoms with Crippen molar-refractivity contribution in [1.82, 2.24) is 20.4 Å². The predicted octanol–water partition coefficient (Wildman–Crippen LogP) is 0.676. The van der Waals surface area contributed by atoms with Gasteiger partial charge in [-0.05, 0) is 38.8 Å². The molecule has 1 amide bonds. The largest absolute Gasteiger partial charge is 0.368 e. The second kappa shape index (κ2) is 7.00. The number of likely N-dealkylation sites (tertiary alicyclic amines) is 1. The highest BCUT2D eigenvalue weighted by Crippen LogP contribution is 2.26. The number of rotatable bonds is 6.